The predicted molar refractivity (Wildman–Crippen MR) is 82.8 cm³/mol. The molecule has 0 amide bonds. The lowest BCUT2D eigenvalue weighted by Gasteiger charge is -2.09. The van der Waals surface area contributed by atoms with Crippen molar-refractivity contribution in [2.45, 2.75) is 33.4 Å². The molecule has 0 radical (unpaired) electrons. The molecule has 0 saturated carbocycles. The standard InChI is InChI=1S/C17H23NO3/c1-4-9-18-11-15-10-14(13(2)21-15)12-20-17-8-6-5-7-16(17)19-3/h5-8,10,18H,4,9,11-12H2,1-3H3. The van der Waals surface area contributed by atoms with Crippen LogP contribution in [0.25, 0.3) is 0 Å². The van der Waals surface area contributed by atoms with Crippen LogP contribution in [0.1, 0.15) is 30.4 Å². The Labute approximate surface area is 126 Å². The lowest BCUT2D eigenvalue weighted by Crippen LogP contribution is -2.13. The quantitative estimate of drug-likeness (QED) is 0.753. The van der Waals surface area contributed by atoms with E-state index in [1.165, 1.54) is 0 Å². The van der Waals surface area contributed by atoms with E-state index in [9.17, 15) is 0 Å². The highest BCUT2D eigenvalue weighted by Crippen LogP contribution is 2.27. The lowest BCUT2D eigenvalue weighted by molar-refractivity contribution is 0.282. The maximum absolute atomic E-state index is 5.83. The molecule has 0 fully saturated rings. The fourth-order valence-corrected chi connectivity index (χ4v) is 2.10. The summed E-state index contributed by atoms with van der Waals surface area (Å²) in [4.78, 5) is 0. The van der Waals surface area contributed by atoms with Crippen molar-refractivity contribution >= 4 is 0 Å². The first kappa shape index (κ1) is 15.4. The summed E-state index contributed by atoms with van der Waals surface area (Å²) in [5, 5.41) is 3.33. The molecule has 21 heavy (non-hydrogen) atoms. The Morgan fingerprint density at radius 3 is 2.67 bits per heavy atom. The van der Waals surface area contributed by atoms with Gasteiger partial charge in [-0.25, -0.2) is 0 Å². The smallest absolute Gasteiger partial charge is 0.161 e. The molecule has 1 aromatic carbocycles. The zero-order chi connectivity index (χ0) is 15.1. The maximum atomic E-state index is 5.83. The summed E-state index contributed by atoms with van der Waals surface area (Å²) < 4.78 is 16.8. The van der Waals surface area contributed by atoms with Crippen LogP contribution in [0.3, 0.4) is 0 Å². The fraction of sp³-hybridized carbons (Fsp3) is 0.412. The van der Waals surface area contributed by atoms with E-state index in [1.54, 1.807) is 7.11 Å². The fourth-order valence-electron chi connectivity index (χ4n) is 2.10. The number of methoxy groups -OCH3 is 1. The third kappa shape index (κ3) is 4.26. The Kier molecular flexibility index (Phi) is 5.69. The Hall–Kier alpha value is -1.94. The topological polar surface area (TPSA) is 43.6 Å². The molecular weight excluding hydrogens is 266 g/mol. The Balaban J connectivity index is 1.96. The van der Waals surface area contributed by atoms with Gasteiger partial charge in [-0.3, -0.25) is 0 Å². The van der Waals surface area contributed by atoms with Crippen LogP contribution in [0.2, 0.25) is 0 Å². The number of furan rings is 1. The molecule has 2 rings (SSSR count). The van der Waals surface area contributed by atoms with E-state index in [4.69, 9.17) is 13.9 Å². The maximum Gasteiger partial charge on any atom is 0.161 e. The van der Waals surface area contributed by atoms with Crippen molar-refractivity contribution in [3.05, 3.63) is 47.4 Å². The second-order valence-corrected chi connectivity index (χ2v) is 4.91. The summed E-state index contributed by atoms with van der Waals surface area (Å²) in [6, 6.07) is 9.69. The molecule has 0 aliphatic rings. The minimum atomic E-state index is 0.476. The number of para-hydroxylation sites is 2. The monoisotopic (exact) mass is 289 g/mol. The number of rotatable bonds is 8. The number of aryl methyl sites for hydroxylation is 1. The third-order valence-electron chi connectivity index (χ3n) is 3.25. The largest absolute Gasteiger partial charge is 0.493 e. The summed E-state index contributed by atoms with van der Waals surface area (Å²) in [5.74, 6) is 3.33. The molecule has 1 aromatic heterocycles. The molecule has 1 N–H and O–H groups in total. The summed E-state index contributed by atoms with van der Waals surface area (Å²) in [7, 11) is 1.64. The molecule has 0 saturated heterocycles. The van der Waals surface area contributed by atoms with Crippen molar-refractivity contribution in [2.75, 3.05) is 13.7 Å². The van der Waals surface area contributed by atoms with Gasteiger partial charge in [0.15, 0.2) is 11.5 Å². The van der Waals surface area contributed by atoms with Crippen molar-refractivity contribution in [1.29, 1.82) is 0 Å². The van der Waals surface area contributed by atoms with Crippen LogP contribution in [0.15, 0.2) is 34.7 Å². The highest BCUT2D eigenvalue weighted by molar-refractivity contribution is 5.39. The van der Waals surface area contributed by atoms with Crippen molar-refractivity contribution in [2.24, 2.45) is 0 Å². The van der Waals surface area contributed by atoms with Gasteiger partial charge in [0, 0.05) is 5.56 Å². The second kappa shape index (κ2) is 7.74. The first-order valence-corrected chi connectivity index (χ1v) is 7.29. The van der Waals surface area contributed by atoms with Gasteiger partial charge in [-0.1, -0.05) is 19.1 Å². The summed E-state index contributed by atoms with van der Waals surface area (Å²) in [5.41, 5.74) is 1.06. The average Bonchev–Trinajstić information content (AvgIpc) is 2.86. The number of ether oxygens (including phenoxy) is 2. The number of hydrogen-bond donors (Lipinski definition) is 1. The average molecular weight is 289 g/mol. The van der Waals surface area contributed by atoms with Gasteiger partial charge >= 0.3 is 0 Å². The van der Waals surface area contributed by atoms with Gasteiger partial charge in [-0.05, 0) is 38.1 Å². The first-order valence-electron chi connectivity index (χ1n) is 7.29. The molecule has 4 nitrogen and oxygen atoms in total. The van der Waals surface area contributed by atoms with Crippen molar-refractivity contribution < 1.29 is 13.9 Å². The van der Waals surface area contributed by atoms with E-state index in [0.717, 1.165) is 48.1 Å². The summed E-state index contributed by atoms with van der Waals surface area (Å²) in [6.07, 6.45) is 1.11. The van der Waals surface area contributed by atoms with Gasteiger partial charge in [-0.2, -0.15) is 0 Å². The van der Waals surface area contributed by atoms with Crippen LogP contribution in [0, 0.1) is 6.92 Å². The first-order chi connectivity index (χ1) is 10.2. The molecule has 0 bridgehead atoms. The van der Waals surface area contributed by atoms with Gasteiger partial charge in [0.1, 0.15) is 18.1 Å². The molecule has 0 unspecified atom stereocenters. The predicted octanol–water partition coefficient (Wildman–Crippen LogP) is 3.68. The Bertz CT molecular complexity index is 563. The summed E-state index contributed by atoms with van der Waals surface area (Å²) in [6.45, 7) is 6.33. The second-order valence-electron chi connectivity index (χ2n) is 4.91. The number of hydrogen-bond acceptors (Lipinski definition) is 4. The molecule has 2 aromatic rings. The van der Waals surface area contributed by atoms with Crippen LogP contribution in [-0.4, -0.2) is 13.7 Å². The van der Waals surface area contributed by atoms with E-state index < -0.39 is 0 Å². The lowest BCUT2D eigenvalue weighted by atomic mass is 10.2. The minimum absolute atomic E-state index is 0.476. The molecule has 4 heteroatoms. The van der Waals surface area contributed by atoms with E-state index in [-0.39, 0.29) is 0 Å². The Morgan fingerprint density at radius 1 is 1.19 bits per heavy atom. The molecule has 0 atom stereocenters. The van der Waals surface area contributed by atoms with Crippen LogP contribution < -0.4 is 14.8 Å². The summed E-state index contributed by atoms with van der Waals surface area (Å²) >= 11 is 0. The number of benzene rings is 1. The highest BCUT2D eigenvalue weighted by Gasteiger charge is 2.09. The molecule has 0 aliphatic heterocycles. The zero-order valence-corrected chi connectivity index (χ0v) is 12.9. The molecule has 114 valence electrons. The molecule has 0 spiro atoms. The third-order valence-corrected chi connectivity index (χ3v) is 3.25. The van der Waals surface area contributed by atoms with Crippen molar-refractivity contribution in [3.8, 4) is 11.5 Å². The molecule has 1 heterocycles. The van der Waals surface area contributed by atoms with E-state index in [0.29, 0.717) is 6.61 Å². The van der Waals surface area contributed by atoms with E-state index in [1.807, 2.05) is 37.3 Å². The van der Waals surface area contributed by atoms with E-state index >= 15 is 0 Å². The highest BCUT2D eigenvalue weighted by atomic mass is 16.5. The van der Waals surface area contributed by atoms with Crippen molar-refractivity contribution in [3.63, 3.8) is 0 Å². The van der Waals surface area contributed by atoms with Crippen LogP contribution in [-0.2, 0) is 13.2 Å². The number of nitrogens with one attached hydrogen (secondary N) is 1. The molecule has 0 aliphatic carbocycles. The van der Waals surface area contributed by atoms with Gasteiger partial charge in [-0.15, -0.1) is 0 Å². The van der Waals surface area contributed by atoms with Gasteiger partial charge in [0.2, 0.25) is 0 Å². The van der Waals surface area contributed by atoms with Gasteiger partial charge in [0.05, 0.1) is 13.7 Å². The SMILES string of the molecule is CCCNCc1cc(COc2ccccc2OC)c(C)o1. The normalized spacial score (nSPS) is 10.6. The van der Waals surface area contributed by atoms with Gasteiger partial charge in [0.25, 0.3) is 0 Å². The minimum Gasteiger partial charge on any atom is -0.493 e. The van der Waals surface area contributed by atoms with E-state index in [2.05, 4.69) is 12.2 Å². The van der Waals surface area contributed by atoms with Crippen LogP contribution >= 0.6 is 0 Å². The zero-order valence-electron chi connectivity index (χ0n) is 12.9. The molecular formula is C17H23NO3. The van der Waals surface area contributed by atoms with Crippen LogP contribution in [0.5, 0.6) is 11.5 Å². The van der Waals surface area contributed by atoms with Crippen LogP contribution in [0.4, 0.5) is 0 Å². The van der Waals surface area contributed by atoms with Crippen molar-refractivity contribution in [1.82, 2.24) is 5.32 Å². The Morgan fingerprint density at radius 2 is 1.95 bits per heavy atom. The van der Waals surface area contributed by atoms with Gasteiger partial charge < -0.3 is 19.2 Å².